The number of halogens is 1. The van der Waals surface area contributed by atoms with Crippen LogP contribution in [-0.4, -0.2) is 45.2 Å². The van der Waals surface area contributed by atoms with Crippen molar-refractivity contribution in [2.75, 3.05) is 19.6 Å². The summed E-state index contributed by atoms with van der Waals surface area (Å²) in [4.78, 5) is 32.1. The minimum Gasteiger partial charge on any atom is -0.354 e. The zero-order chi connectivity index (χ0) is 22.1. The smallest absolute Gasteiger partial charge is 0.273 e. The third-order valence-electron chi connectivity index (χ3n) is 6.22. The van der Waals surface area contributed by atoms with Crippen molar-refractivity contribution in [1.82, 2.24) is 25.0 Å². The van der Waals surface area contributed by atoms with Crippen LogP contribution in [0.2, 0.25) is 5.02 Å². The van der Waals surface area contributed by atoms with E-state index in [4.69, 9.17) is 11.6 Å². The van der Waals surface area contributed by atoms with Gasteiger partial charge in [-0.3, -0.25) is 24.3 Å². The van der Waals surface area contributed by atoms with Crippen molar-refractivity contribution in [2.45, 2.75) is 39.2 Å². The van der Waals surface area contributed by atoms with Gasteiger partial charge in [-0.15, -0.1) is 0 Å². The van der Waals surface area contributed by atoms with E-state index in [9.17, 15) is 9.59 Å². The molecule has 1 fully saturated rings. The third kappa shape index (κ3) is 4.38. The number of H-pyrrole nitrogens is 1. The van der Waals surface area contributed by atoms with E-state index in [1.165, 1.54) is 12.8 Å². The highest BCUT2D eigenvalue weighted by molar-refractivity contribution is 6.30. The highest BCUT2D eigenvalue weighted by Gasteiger charge is 2.25. The number of hydrogen-bond acceptors (Lipinski definition) is 4. The maximum atomic E-state index is 12.9. The number of nitrogens with one attached hydrogen (secondary N) is 2. The van der Waals surface area contributed by atoms with Gasteiger partial charge in [0.1, 0.15) is 0 Å². The largest absolute Gasteiger partial charge is 0.354 e. The first-order chi connectivity index (χ1) is 14.8. The second kappa shape index (κ2) is 8.85. The summed E-state index contributed by atoms with van der Waals surface area (Å²) in [5.41, 5.74) is 3.92. The van der Waals surface area contributed by atoms with Crippen LogP contribution >= 0.6 is 11.6 Å². The predicted molar refractivity (Wildman–Crippen MR) is 123 cm³/mol. The van der Waals surface area contributed by atoms with E-state index in [0.29, 0.717) is 22.6 Å². The number of carbonyl (C=O) groups is 1. The maximum absolute atomic E-state index is 12.9. The van der Waals surface area contributed by atoms with Crippen LogP contribution in [-0.2, 0) is 18.3 Å². The van der Waals surface area contributed by atoms with Gasteiger partial charge in [-0.1, -0.05) is 23.7 Å². The molecule has 31 heavy (non-hydrogen) atoms. The Morgan fingerprint density at radius 3 is 2.74 bits per heavy atom. The van der Waals surface area contributed by atoms with Crippen molar-refractivity contribution in [1.29, 1.82) is 0 Å². The predicted octanol–water partition coefficient (Wildman–Crippen LogP) is 3.03. The molecule has 1 atom stereocenters. The molecule has 0 spiro atoms. The van der Waals surface area contributed by atoms with Crippen LogP contribution in [0.5, 0.6) is 0 Å². The lowest BCUT2D eigenvalue weighted by molar-refractivity contribution is -0.120. The Morgan fingerprint density at radius 1 is 1.29 bits per heavy atom. The molecule has 1 aromatic carbocycles. The number of pyridine rings is 1. The van der Waals surface area contributed by atoms with E-state index in [1.807, 2.05) is 32.0 Å². The van der Waals surface area contributed by atoms with Gasteiger partial charge in [-0.25, -0.2) is 4.98 Å². The Labute approximate surface area is 186 Å². The molecule has 1 amide bonds. The quantitative estimate of drug-likeness (QED) is 0.616. The zero-order valence-corrected chi connectivity index (χ0v) is 18.9. The van der Waals surface area contributed by atoms with Crippen LogP contribution in [0.3, 0.4) is 0 Å². The van der Waals surface area contributed by atoms with Crippen LogP contribution in [0.1, 0.15) is 41.3 Å². The molecule has 1 aliphatic heterocycles. The van der Waals surface area contributed by atoms with Gasteiger partial charge in [0.15, 0.2) is 5.65 Å². The van der Waals surface area contributed by atoms with Crippen LogP contribution < -0.4 is 10.9 Å². The Balaban J connectivity index is 1.52. The summed E-state index contributed by atoms with van der Waals surface area (Å²) in [6.07, 6.45) is 2.53. The molecule has 0 radical (unpaired) electrons. The number of fused-ring (bicyclic) bond motifs is 1. The average Bonchev–Trinajstić information content (AvgIpc) is 3.34. The van der Waals surface area contributed by atoms with E-state index in [-0.39, 0.29) is 23.9 Å². The van der Waals surface area contributed by atoms with Gasteiger partial charge < -0.3 is 5.32 Å². The molecule has 0 bridgehead atoms. The molecule has 4 rings (SSSR count). The second-order valence-electron chi connectivity index (χ2n) is 8.29. The fraction of sp³-hybridized carbons (Fsp3) is 0.435. The molecule has 0 saturated carbocycles. The lowest BCUT2D eigenvalue weighted by Gasteiger charge is -2.28. The van der Waals surface area contributed by atoms with Crippen LogP contribution in [0.4, 0.5) is 0 Å². The molecule has 164 valence electrons. The van der Waals surface area contributed by atoms with E-state index < -0.39 is 0 Å². The molecule has 7 nitrogen and oxygen atoms in total. The number of aromatic nitrogens is 3. The maximum Gasteiger partial charge on any atom is 0.273 e. The first kappa shape index (κ1) is 21.6. The van der Waals surface area contributed by atoms with Crippen LogP contribution in [0.25, 0.3) is 11.0 Å². The summed E-state index contributed by atoms with van der Waals surface area (Å²) in [6.45, 7) is 6.31. The normalized spacial score (nSPS) is 15.5. The van der Waals surface area contributed by atoms with E-state index in [1.54, 1.807) is 11.7 Å². The first-order valence-electron chi connectivity index (χ1n) is 10.7. The molecular formula is C23H28ClN5O2. The topological polar surface area (TPSA) is 83.0 Å². The van der Waals surface area contributed by atoms with Crippen molar-refractivity contribution >= 4 is 28.5 Å². The summed E-state index contributed by atoms with van der Waals surface area (Å²) in [5, 5.41) is 7.09. The van der Waals surface area contributed by atoms with Crippen molar-refractivity contribution in [3.05, 3.63) is 62.0 Å². The van der Waals surface area contributed by atoms with Crippen molar-refractivity contribution < 1.29 is 4.79 Å². The zero-order valence-electron chi connectivity index (χ0n) is 18.2. The molecule has 3 heterocycles. The van der Waals surface area contributed by atoms with Crippen LogP contribution in [0, 0.1) is 13.8 Å². The number of aryl methyl sites for hydroxylation is 3. The number of nitrogens with zero attached hydrogens (tertiary/aromatic N) is 3. The van der Waals surface area contributed by atoms with Crippen molar-refractivity contribution in [3.63, 3.8) is 0 Å². The summed E-state index contributed by atoms with van der Waals surface area (Å²) in [7, 11) is 1.76. The average molecular weight is 442 g/mol. The molecular weight excluding hydrogens is 414 g/mol. The first-order valence-corrected chi connectivity index (χ1v) is 11.0. The highest BCUT2D eigenvalue weighted by Crippen LogP contribution is 2.27. The number of carbonyl (C=O) groups excluding carboxylic acids is 1. The summed E-state index contributed by atoms with van der Waals surface area (Å²) >= 11 is 6.22. The molecule has 8 heteroatoms. The lowest BCUT2D eigenvalue weighted by atomic mass is 10.0. The number of amides is 1. The minimum absolute atomic E-state index is 0.0778. The number of hydrogen-bond donors (Lipinski definition) is 2. The number of benzene rings is 1. The molecule has 1 aliphatic rings. The van der Waals surface area contributed by atoms with Crippen molar-refractivity contribution in [3.8, 4) is 0 Å². The van der Waals surface area contributed by atoms with Gasteiger partial charge in [0.05, 0.1) is 17.8 Å². The lowest BCUT2D eigenvalue weighted by Crippen LogP contribution is -2.37. The fourth-order valence-corrected chi connectivity index (χ4v) is 4.77. The molecule has 2 aromatic heterocycles. The Morgan fingerprint density at radius 2 is 2.03 bits per heavy atom. The molecule has 2 N–H and O–H groups in total. The van der Waals surface area contributed by atoms with E-state index >= 15 is 0 Å². The van der Waals surface area contributed by atoms with Crippen molar-refractivity contribution in [2.24, 2.45) is 7.05 Å². The van der Waals surface area contributed by atoms with Gasteiger partial charge in [0.2, 0.25) is 5.91 Å². The Bertz CT molecular complexity index is 1180. The molecule has 1 saturated heterocycles. The fourth-order valence-electron chi connectivity index (χ4n) is 4.57. The summed E-state index contributed by atoms with van der Waals surface area (Å²) in [6, 6.07) is 7.95. The second-order valence-corrected chi connectivity index (χ2v) is 8.73. The van der Waals surface area contributed by atoms with E-state index in [0.717, 1.165) is 35.5 Å². The van der Waals surface area contributed by atoms with Crippen LogP contribution in [0.15, 0.2) is 29.1 Å². The standard InChI is InChI=1S/C23H28ClN5O2/c1-14-18(15(2)26-22-21(14)23(31)27-28(22)3)12-20(30)25-13-19(29-9-4-5-10-29)16-7-6-8-17(24)11-16/h6-8,11,19H,4-5,9-10,12-13H2,1-3H3,(H,25,30)(H,27,31). The number of likely N-dealkylation sites (tertiary alicyclic amines) is 1. The SMILES string of the molecule is Cc1nc2c(c(C)c1CC(=O)NCC(c1cccc(Cl)c1)N1CCCC1)c(=O)[nH]n2C. The van der Waals surface area contributed by atoms with Gasteiger partial charge in [0.25, 0.3) is 5.56 Å². The summed E-state index contributed by atoms with van der Waals surface area (Å²) < 4.78 is 1.62. The third-order valence-corrected chi connectivity index (χ3v) is 6.46. The minimum atomic E-state index is -0.181. The number of aromatic amines is 1. The van der Waals surface area contributed by atoms with Gasteiger partial charge in [-0.2, -0.15) is 0 Å². The number of rotatable bonds is 6. The van der Waals surface area contributed by atoms with Gasteiger partial charge >= 0.3 is 0 Å². The molecule has 0 aliphatic carbocycles. The Hall–Kier alpha value is -2.64. The molecule has 1 unspecified atom stereocenters. The van der Waals surface area contributed by atoms with Gasteiger partial charge in [0, 0.05) is 24.3 Å². The highest BCUT2D eigenvalue weighted by atomic mass is 35.5. The summed E-state index contributed by atoms with van der Waals surface area (Å²) in [5.74, 6) is -0.0778. The van der Waals surface area contributed by atoms with E-state index in [2.05, 4.69) is 26.4 Å². The van der Waals surface area contributed by atoms with Gasteiger partial charge in [-0.05, 0) is 68.6 Å². The monoisotopic (exact) mass is 441 g/mol. The Kier molecular flexibility index (Phi) is 6.16. The molecule has 3 aromatic rings.